The standard InChI is InChI=1S/C13H12ClN3O/c14-10-5-2-6-11(12(10)13(16)18)17-9-4-1-3-8(15)7-9/h1-7,17H,15H2,(H2,16,18). The number of hydrogen-bond acceptors (Lipinski definition) is 3. The van der Waals surface area contributed by atoms with Crippen LogP contribution in [0.4, 0.5) is 17.1 Å². The van der Waals surface area contributed by atoms with Crippen LogP contribution in [0, 0.1) is 0 Å². The Morgan fingerprint density at radius 1 is 1.17 bits per heavy atom. The largest absolute Gasteiger partial charge is 0.399 e. The molecule has 0 saturated heterocycles. The monoisotopic (exact) mass is 261 g/mol. The minimum absolute atomic E-state index is 0.265. The second-order valence-electron chi connectivity index (χ2n) is 3.78. The van der Waals surface area contributed by atoms with Crippen LogP contribution in [0.15, 0.2) is 42.5 Å². The zero-order valence-corrected chi connectivity index (χ0v) is 10.2. The van der Waals surface area contributed by atoms with Gasteiger partial charge in [-0.25, -0.2) is 0 Å². The van der Waals surface area contributed by atoms with Gasteiger partial charge in [0, 0.05) is 11.4 Å². The predicted molar refractivity (Wildman–Crippen MR) is 74.1 cm³/mol. The Morgan fingerprint density at radius 2 is 1.89 bits per heavy atom. The summed E-state index contributed by atoms with van der Waals surface area (Å²) in [6.07, 6.45) is 0. The number of hydrogen-bond donors (Lipinski definition) is 3. The van der Waals surface area contributed by atoms with Crippen molar-refractivity contribution >= 4 is 34.6 Å². The van der Waals surface area contributed by atoms with Crippen molar-refractivity contribution in [2.45, 2.75) is 0 Å². The lowest BCUT2D eigenvalue weighted by molar-refractivity contribution is 0.100. The van der Waals surface area contributed by atoms with Crippen LogP contribution in [0.3, 0.4) is 0 Å². The van der Waals surface area contributed by atoms with Gasteiger partial charge in [0.25, 0.3) is 5.91 Å². The van der Waals surface area contributed by atoms with Crippen LogP contribution in [-0.2, 0) is 0 Å². The molecular formula is C13H12ClN3O. The van der Waals surface area contributed by atoms with Gasteiger partial charge in [0.05, 0.1) is 16.3 Å². The van der Waals surface area contributed by atoms with Crippen LogP contribution in [0.25, 0.3) is 0 Å². The van der Waals surface area contributed by atoms with E-state index in [9.17, 15) is 4.79 Å². The summed E-state index contributed by atoms with van der Waals surface area (Å²) in [5, 5.41) is 3.39. The molecule has 0 spiro atoms. The molecular weight excluding hydrogens is 250 g/mol. The van der Waals surface area contributed by atoms with Crippen LogP contribution in [0.1, 0.15) is 10.4 Å². The molecule has 0 bridgehead atoms. The van der Waals surface area contributed by atoms with Crippen LogP contribution in [0.5, 0.6) is 0 Å². The summed E-state index contributed by atoms with van der Waals surface area (Å²) in [6.45, 7) is 0. The molecule has 0 saturated carbocycles. The maximum absolute atomic E-state index is 11.4. The Kier molecular flexibility index (Phi) is 3.39. The molecule has 5 heteroatoms. The van der Waals surface area contributed by atoms with E-state index in [-0.39, 0.29) is 5.56 Å². The van der Waals surface area contributed by atoms with Crippen LogP contribution in [0.2, 0.25) is 5.02 Å². The van der Waals surface area contributed by atoms with Gasteiger partial charge in [-0.05, 0) is 30.3 Å². The number of primary amides is 1. The molecule has 0 unspecified atom stereocenters. The van der Waals surface area contributed by atoms with Crippen molar-refractivity contribution in [2.24, 2.45) is 5.73 Å². The zero-order chi connectivity index (χ0) is 13.1. The topological polar surface area (TPSA) is 81.1 Å². The Bertz CT molecular complexity index is 599. The minimum Gasteiger partial charge on any atom is -0.399 e. The molecule has 0 heterocycles. The Balaban J connectivity index is 2.40. The number of rotatable bonds is 3. The average molecular weight is 262 g/mol. The highest BCUT2D eigenvalue weighted by Crippen LogP contribution is 2.27. The Labute approximate surface area is 110 Å². The lowest BCUT2D eigenvalue weighted by Crippen LogP contribution is -2.14. The molecule has 5 N–H and O–H groups in total. The van der Waals surface area contributed by atoms with E-state index in [2.05, 4.69) is 5.32 Å². The van der Waals surface area contributed by atoms with Crippen molar-refractivity contribution in [1.82, 2.24) is 0 Å². The number of nitrogens with one attached hydrogen (secondary N) is 1. The summed E-state index contributed by atoms with van der Waals surface area (Å²) in [5.74, 6) is -0.577. The van der Waals surface area contributed by atoms with Crippen molar-refractivity contribution in [3.05, 3.63) is 53.1 Å². The molecule has 18 heavy (non-hydrogen) atoms. The maximum Gasteiger partial charge on any atom is 0.252 e. The lowest BCUT2D eigenvalue weighted by atomic mass is 10.1. The first-order chi connectivity index (χ1) is 8.58. The Hall–Kier alpha value is -2.20. The fraction of sp³-hybridized carbons (Fsp3) is 0. The number of halogens is 1. The van der Waals surface area contributed by atoms with Crippen LogP contribution < -0.4 is 16.8 Å². The summed E-state index contributed by atoms with van der Waals surface area (Å²) in [6, 6.07) is 12.3. The van der Waals surface area contributed by atoms with Gasteiger partial charge in [-0.2, -0.15) is 0 Å². The third-order valence-electron chi connectivity index (χ3n) is 2.43. The van der Waals surface area contributed by atoms with E-state index in [1.807, 2.05) is 12.1 Å². The molecule has 1 amide bonds. The van der Waals surface area contributed by atoms with E-state index in [0.29, 0.717) is 16.4 Å². The number of benzene rings is 2. The molecule has 2 rings (SSSR count). The van der Waals surface area contributed by atoms with E-state index < -0.39 is 5.91 Å². The summed E-state index contributed by atoms with van der Waals surface area (Å²) >= 11 is 5.96. The predicted octanol–water partition coefficient (Wildman–Crippen LogP) is 2.76. The number of amides is 1. The fourth-order valence-electron chi connectivity index (χ4n) is 1.65. The number of anilines is 3. The van der Waals surface area contributed by atoms with Gasteiger partial charge in [0.2, 0.25) is 0 Å². The van der Waals surface area contributed by atoms with Gasteiger partial charge < -0.3 is 16.8 Å². The van der Waals surface area contributed by atoms with Crippen molar-refractivity contribution in [3.63, 3.8) is 0 Å². The first kappa shape index (κ1) is 12.3. The van der Waals surface area contributed by atoms with Crippen molar-refractivity contribution in [3.8, 4) is 0 Å². The molecule has 0 aliphatic carbocycles. The van der Waals surface area contributed by atoms with Gasteiger partial charge in [-0.1, -0.05) is 23.7 Å². The molecule has 2 aromatic rings. The Morgan fingerprint density at radius 3 is 2.56 bits per heavy atom. The van der Waals surface area contributed by atoms with Gasteiger partial charge in [0.15, 0.2) is 0 Å². The van der Waals surface area contributed by atoms with Crippen molar-refractivity contribution in [2.75, 3.05) is 11.1 Å². The smallest absolute Gasteiger partial charge is 0.252 e. The van der Waals surface area contributed by atoms with Gasteiger partial charge >= 0.3 is 0 Å². The normalized spacial score (nSPS) is 10.1. The second-order valence-corrected chi connectivity index (χ2v) is 4.18. The molecule has 4 nitrogen and oxygen atoms in total. The fourth-order valence-corrected chi connectivity index (χ4v) is 1.92. The first-order valence-electron chi connectivity index (χ1n) is 5.29. The minimum atomic E-state index is -0.577. The SMILES string of the molecule is NC(=O)c1c(Cl)cccc1Nc1cccc(N)c1. The van der Waals surface area contributed by atoms with E-state index in [4.69, 9.17) is 23.1 Å². The van der Waals surface area contributed by atoms with Crippen LogP contribution >= 0.6 is 11.6 Å². The van der Waals surface area contributed by atoms with E-state index in [1.54, 1.807) is 30.3 Å². The summed E-state index contributed by atoms with van der Waals surface area (Å²) < 4.78 is 0. The number of nitrogen functional groups attached to an aromatic ring is 1. The number of carbonyl (C=O) groups excluding carboxylic acids is 1. The highest BCUT2D eigenvalue weighted by Gasteiger charge is 2.12. The summed E-state index contributed by atoms with van der Waals surface area (Å²) in [5.41, 5.74) is 13.2. The summed E-state index contributed by atoms with van der Waals surface area (Å²) in [4.78, 5) is 11.4. The molecule has 0 fully saturated rings. The van der Waals surface area contributed by atoms with Gasteiger partial charge in [0.1, 0.15) is 0 Å². The quantitative estimate of drug-likeness (QED) is 0.743. The molecule has 0 aliphatic rings. The van der Waals surface area contributed by atoms with Gasteiger partial charge in [-0.15, -0.1) is 0 Å². The molecule has 0 radical (unpaired) electrons. The van der Waals surface area contributed by atoms with Crippen molar-refractivity contribution in [1.29, 1.82) is 0 Å². The average Bonchev–Trinajstić information content (AvgIpc) is 2.28. The number of carbonyl (C=O) groups is 1. The van der Waals surface area contributed by atoms with E-state index in [0.717, 1.165) is 5.69 Å². The van der Waals surface area contributed by atoms with Gasteiger partial charge in [-0.3, -0.25) is 4.79 Å². The molecule has 92 valence electrons. The second kappa shape index (κ2) is 4.98. The third-order valence-corrected chi connectivity index (χ3v) is 2.74. The molecule has 0 atom stereocenters. The van der Waals surface area contributed by atoms with E-state index >= 15 is 0 Å². The highest BCUT2D eigenvalue weighted by molar-refractivity contribution is 6.34. The lowest BCUT2D eigenvalue weighted by Gasteiger charge is -2.11. The van der Waals surface area contributed by atoms with E-state index in [1.165, 1.54) is 0 Å². The number of nitrogens with two attached hydrogens (primary N) is 2. The molecule has 0 aliphatic heterocycles. The summed E-state index contributed by atoms with van der Waals surface area (Å²) in [7, 11) is 0. The van der Waals surface area contributed by atoms with Crippen LogP contribution in [-0.4, -0.2) is 5.91 Å². The molecule has 0 aromatic heterocycles. The first-order valence-corrected chi connectivity index (χ1v) is 5.66. The van der Waals surface area contributed by atoms with Crippen molar-refractivity contribution < 1.29 is 4.79 Å². The maximum atomic E-state index is 11.4. The third kappa shape index (κ3) is 2.55. The highest BCUT2D eigenvalue weighted by atomic mass is 35.5. The zero-order valence-electron chi connectivity index (χ0n) is 9.48. The molecule has 2 aromatic carbocycles.